The number of esters is 1. The highest BCUT2D eigenvalue weighted by molar-refractivity contribution is 5.83. The summed E-state index contributed by atoms with van der Waals surface area (Å²) in [5.74, 6) is 0.186. The molecule has 2 N–H and O–H groups in total. The Hall–Kier alpha value is -2.27. The monoisotopic (exact) mass is 271 g/mol. The van der Waals surface area contributed by atoms with Crippen LogP contribution >= 0.6 is 0 Å². The Morgan fingerprint density at radius 3 is 2.40 bits per heavy atom. The van der Waals surface area contributed by atoms with Gasteiger partial charge in [-0.05, 0) is 11.6 Å². The average Bonchev–Trinajstić information content (AvgIpc) is 2.53. The lowest BCUT2D eigenvalue weighted by Crippen LogP contribution is -2.46. The van der Waals surface area contributed by atoms with Crippen molar-refractivity contribution in [3.8, 4) is 0 Å². The molecule has 0 radical (unpaired) electrons. The Balaban J connectivity index is 2.46. The van der Waals surface area contributed by atoms with E-state index < -0.39 is 5.41 Å². The predicted octanol–water partition coefficient (Wildman–Crippen LogP) is 1.09. The van der Waals surface area contributed by atoms with Crippen LogP contribution in [0.2, 0.25) is 0 Å². The van der Waals surface area contributed by atoms with Gasteiger partial charge in [0.05, 0.1) is 7.11 Å². The lowest BCUT2D eigenvalue weighted by molar-refractivity contribution is -0.147. The first kappa shape index (κ1) is 14.1. The highest BCUT2D eigenvalue weighted by Crippen LogP contribution is 2.28. The number of ether oxygens (including phenoxy) is 1. The van der Waals surface area contributed by atoms with Crippen LogP contribution in [0.15, 0.2) is 48.8 Å². The normalized spacial score (nSPS) is 13.5. The molecule has 104 valence electrons. The zero-order chi connectivity index (χ0) is 14.4. The Labute approximate surface area is 117 Å². The molecule has 5 heteroatoms. The van der Waals surface area contributed by atoms with Gasteiger partial charge in [-0.1, -0.05) is 30.3 Å². The summed E-state index contributed by atoms with van der Waals surface area (Å²) in [5, 5.41) is 0. The van der Waals surface area contributed by atoms with Gasteiger partial charge in [-0.3, -0.25) is 4.79 Å². The van der Waals surface area contributed by atoms with E-state index in [9.17, 15) is 4.79 Å². The largest absolute Gasteiger partial charge is 0.468 e. The lowest BCUT2D eigenvalue weighted by Gasteiger charge is -2.29. The molecule has 0 amide bonds. The number of nitrogens with zero attached hydrogens (tertiary/aromatic N) is 2. The molecular formula is C15H17N3O2. The number of hydrogen-bond donors (Lipinski definition) is 1. The van der Waals surface area contributed by atoms with Crippen LogP contribution in [0.1, 0.15) is 11.4 Å². The summed E-state index contributed by atoms with van der Waals surface area (Å²) in [6.07, 6.45) is 3.60. The number of carbonyl (C=O) groups is 1. The molecule has 1 unspecified atom stereocenters. The van der Waals surface area contributed by atoms with Crippen molar-refractivity contribution >= 4 is 5.97 Å². The molecule has 0 fully saturated rings. The number of methoxy groups -OCH3 is 1. The summed E-state index contributed by atoms with van der Waals surface area (Å²) >= 11 is 0. The number of benzene rings is 1. The molecule has 0 spiro atoms. The Bertz CT molecular complexity index is 560. The van der Waals surface area contributed by atoms with Gasteiger partial charge in [0.15, 0.2) is 0 Å². The van der Waals surface area contributed by atoms with E-state index in [1.807, 2.05) is 30.3 Å². The van der Waals surface area contributed by atoms with Gasteiger partial charge < -0.3 is 10.5 Å². The van der Waals surface area contributed by atoms with Crippen molar-refractivity contribution in [1.29, 1.82) is 0 Å². The maximum atomic E-state index is 12.3. The predicted molar refractivity (Wildman–Crippen MR) is 74.9 cm³/mol. The second-order valence-corrected chi connectivity index (χ2v) is 4.49. The Morgan fingerprint density at radius 2 is 1.85 bits per heavy atom. The third kappa shape index (κ3) is 2.67. The van der Waals surface area contributed by atoms with Gasteiger partial charge in [0, 0.05) is 25.4 Å². The molecule has 0 aliphatic heterocycles. The van der Waals surface area contributed by atoms with Crippen molar-refractivity contribution in [2.75, 3.05) is 13.7 Å². The van der Waals surface area contributed by atoms with Crippen LogP contribution < -0.4 is 5.73 Å². The molecule has 2 rings (SSSR count). The van der Waals surface area contributed by atoms with Crippen LogP contribution in [0.5, 0.6) is 0 Å². The standard InChI is InChI=1S/C15H17N3O2/c1-20-14(19)15(11-16,12-6-3-2-4-7-12)10-13-17-8-5-9-18-13/h2-9H,10-11,16H2,1H3. The Morgan fingerprint density at radius 1 is 1.20 bits per heavy atom. The third-order valence-electron chi connectivity index (χ3n) is 3.33. The van der Waals surface area contributed by atoms with Gasteiger partial charge in [0.2, 0.25) is 0 Å². The molecule has 1 atom stereocenters. The number of rotatable bonds is 5. The van der Waals surface area contributed by atoms with Crippen LogP contribution in [0.3, 0.4) is 0 Å². The molecule has 2 aromatic rings. The zero-order valence-electron chi connectivity index (χ0n) is 11.3. The minimum atomic E-state index is -0.961. The first-order valence-electron chi connectivity index (χ1n) is 6.33. The van der Waals surface area contributed by atoms with Crippen molar-refractivity contribution in [3.63, 3.8) is 0 Å². The maximum Gasteiger partial charge on any atom is 0.318 e. The highest BCUT2D eigenvalue weighted by atomic mass is 16.5. The summed E-state index contributed by atoms with van der Waals surface area (Å²) in [4.78, 5) is 20.7. The molecule has 1 heterocycles. The quantitative estimate of drug-likeness (QED) is 0.824. The SMILES string of the molecule is COC(=O)C(CN)(Cc1ncccn1)c1ccccc1. The summed E-state index contributed by atoms with van der Waals surface area (Å²) in [6, 6.07) is 11.1. The van der Waals surface area contributed by atoms with Gasteiger partial charge in [-0.2, -0.15) is 0 Å². The molecule has 0 aliphatic rings. The molecule has 0 saturated heterocycles. The van der Waals surface area contributed by atoms with Crippen molar-refractivity contribution in [3.05, 3.63) is 60.2 Å². The molecule has 0 bridgehead atoms. The lowest BCUT2D eigenvalue weighted by atomic mass is 9.77. The second-order valence-electron chi connectivity index (χ2n) is 4.49. The smallest absolute Gasteiger partial charge is 0.318 e. The van der Waals surface area contributed by atoms with E-state index in [1.165, 1.54) is 7.11 Å². The molecular weight excluding hydrogens is 254 g/mol. The number of aromatic nitrogens is 2. The number of carbonyl (C=O) groups excluding carboxylic acids is 1. The van der Waals surface area contributed by atoms with E-state index >= 15 is 0 Å². The van der Waals surface area contributed by atoms with Gasteiger partial charge in [0.25, 0.3) is 0 Å². The molecule has 0 saturated carbocycles. The summed E-state index contributed by atoms with van der Waals surface area (Å²) in [5.41, 5.74) is 5.75. The van der Waals surface area contributed by atoms with Crippen LogP contribution in [-0.4, -0.2) is 29.6 Å². The van der Waals surface area contributed by atoms with Crippen molar-refractivity contribution in [2.45, 2.75) is 11.8 Å². The van der Waals surface area contributed by atoms with E-state index in [0.29, 0.717) is 12.2 Å². The van der Waals surface area contributed by atoms with E-state index in [2.05, 4.69) is 9.97 Å². The fraction of sp³-hybridized carbons (Fsp3) is 0.267. The van der Waals surface area contributed by atoms with Crippen LogP contribution in [-0.2, 0) is 21.4 Å². The van der Waals surface area contributed by atoms with Crippen LogP contribution in [0.4, 0.5) is 0 Å². The topological polar surface area (TPSA) is 78.1 Å². The van der Waals surface area contributed by atoms with Crippen molar-refractivity contribution in [2.24, 2.45) is 5.73 Å². The van der Waals surface area contributed by atoms with E-state index in [0.717, 1.165) is 5.56 Å². The van der Waals surface area contributed by atoms with Gasteiger partial charge in [-0.25, -0.2) is 9.97 Å². The summed E-state index contributed by atoms with van der Waals surface area (Å²) < 4.78 is 4.96. The molecule has 5 nitrogen and oxygen atoms in total. The molecule has 20 heavy (non-hydrogen) atoms. The first-order chi connectivity index (χ1) is 9.73. The molecule has 1 aromatic carbocycles. The second kappa shape index (κ2) is 6.25. The van der Waals surface area contributed by atoms with Gasteiger partial charge in [0.1, 0.15) is 11.2 Å². The van der Waals surface area contributed by atoms with E-state index in [-0.39, 0.29) is 12.5 Å². The van der Waals surface area contributed by atoms with Crippen molar-refractivity contribution in [1.82, 2.24) is 9.97 Å². The van der Waals surface area contributed by atoms with Crippen molar-refractivity contribution < 1.29 is 9.53 Å². The summed E-state index contributed by atoms with van der Waals surface area (Å²) in [7, 11) is 1.36. The number of nitrogens with two attached hydrogens (primary N) is 1. The minimum Gasteiger partial charge on any atom is -0.468 e. The third-order valence-corrected chi connectivity index (χ3v) is 3.33. The first-order valence-corrected chi connectivity index (χ1v) is 6.33. The summed E-state index contributed by atoms with van der Waals surface area (Å²) in [6.45, 7) is 0.127. The van der Waals surface area contributed by atoms with E-state index in [4.69, 9.17) is 10.5 Å². The van der Waals surface area contributed by atoms with E-state index in [1.54, 1.807) is 18.5 Å². The Kier molecular flexibility index (Phi) is 4.42. The zero-order valence-corrected chi connectivity index (χ0v) is 11.3. The van der Waals surface area contributed by atoms with Crippen LogP contribution in [0, 0.1) is 0 Å². The minimum absolute atomic E-state index is 0.127. The van der Waals surface area contributed by atoms with Crippen LogP contribution in [0.25, 0.3) is 0 Å². The highest BCUT2D eigenvalue weighted by Gasteiger charge is 2.41. The fourth-order valence-corrected chi connectivity index (χ4v) is 2.21. The van der Waals surface area contributed by atoms with Gasteiger partial charge in [-0.15, -0.1) is 0 Å². The number of hydrogen-bond acceptors (Lipinski definition) is 5. The fourth-order valence-electron chi connectivity index (χ4n) is 2.21. The molecule has 1 aromatic heterocycles. The maximum absolute atomic E-state index is 12.3. The van der Waals surface area contributed by atoms with Gasteiger partial charge >= 0.3 is 5.97 Å². The average molecular weight is 271 g/mol. The molecule has 0 aliphatic carbocycles.